The quantitative estimate of drug-likeness (QED) is 0.886. The van der Waals surface area contributed by atoms with Crippen molar-refractivity contribution in [2.24, 2.45) is 0 Å². The average molecular weight is 294 g/mol. The lowest BCUT2D eigenvalue weighted by molar-refractivity contribution is 0.241. The maximum Gasteiger partial charge on any atom is 0.319 e. The molecule has 20 heavy (non-hydrogen) atoms. The van der Waals surface area contributed by atoms with Gasteiger partial charge in [-0.1, -0.05) is 29.8 Å². The Kier molecular flexibility index (Phi) is 4.44. The normalized spacial score (nSPS) is 20.9. The first kappa shape index (κ1) is 14.6. The van der Waals surface area contributed by atoms with E-state index in [1.54, 1.807) is 12.3 Å². The minimum absolute atomic E-state index is 0.0298. The number of benzene rings is 1. The first-order valence-electron chi connectivity index (χ1n) is 6.45. The molecule has 2 N–H and O–H groups in total. The minimum Gasteiger partial charge on any atom is -0.334 e. The van der Waals surface area contributed by atoms with Crippen molar-refractivity contribution in [1.82, 2.24) is 10.6 Å². The fourth-order valence-electron chi connectivity index (χ4n) is 2.12. The molecule has 108 valence electrons. The van der Waals surface area contributed by atoms with Crippen molar-refractivity contribution < 1.29 is 13.2 Å². The molecule has 0 spiro atoms. The summed E-state index contributed by atoms with van der Waals surface area (Å²) in [5, 5.41) is 5.23. The number of rotatable bonds is 3. The second-order valence-electron chi connectivity index (χ2n) is 4.97. The number of carbonyl (C=O) groups is 1. The van der Waals surface area contributed by atoms with Crippen LogP contribution in [0.4, 0.5) is 4.79 Å². The summed E-state index contributed by atoms with van der Waals surface area (Å²) < 4.78 is 22.5. The number of sulfone groups is 1. The molecule has 1 heterocycles. The van der Waals surface area contributed by atoms with Gasteiger partial charge in [0.1, 0.15) is 0 Å². The summed E-state index contributed by atoms with van der Waals surface area (Å²) in [7, 11) is -2.97. The third kappa shape index (κ3) is 4.38. The number of urea groups is 1. The van der Waals surface area contributed by atoms with Crippen LogP contribution in [0.15, 0.2) is 30.5 Å². The predicted molar refractivity (Wildman–Crippen MR) is 78.9 cm³/mol. The summed E-state index contributed by atoms with van der Waals surface area (Å²) in [6, 6.07) is 7.21. The molecular formula is C14H18N2O3S. The molecule has 0 aromatic heterocycles. The van der Waals surface area contributed by atoms with Crippen LogP contribution in [-0.4, -0.2) is 32.0 Å². The number of carbonyl (C=O) groups excluding carboxylic acids is 1. The maximum absolute atomic E-state index is 11.6. The van der Waals surface area contributed by atoms with Crippen LogP contribution >= 0.6 is 0 Å². The molecular weight excluding hydrogens is 276 g/mol. The number of hydrogen-bond donors (Lipinski definition) is 2. The summed E-state index contributed by atoms with van der Waals surface area (Å²) in [5.41, 5.74) is 2.14. The van der Waals surface area contributed by atoms with E-state index in [1.165, 1.54) is 0 Å². The Morgan fingerprint density at radius 3 is 2.85 bits per heavy atom. The van der Waals surface area contributed by atoms with E-state index in [0.717, 1.165) is 11.1 Å². The Balaban J connectivity index is 1.81. The van der Waals surface area contributed by atoms with Gasteiger partial charge in [0, 0.05) is 12.2 Å². The number of amides is 2. The van der Waals surface area contributed by atoms with Crippen LogP contribution in [0.1, 0.15) is 17.5 Å². The summed E-state index contributed by atoms with van der Waals surface area (Å²) in [5.74, 6) is 0.180. The van der Waals surface area contributed by atoms with E-state index < -0.39 is 9.84 Å². The molecule has 0 saturated carbocycles. The fourth-order valence-corrected chi connectivity index (χ4v) is 3.80. The van der Waals surface area contributed by atoms with Crippen molar-refractivity contribution in [1.29, 1.82) is 0 Å². The molecule has 0 aliphatic carbocycles. The highest BCUT2D eigenvalue weighted by Gasteiger charge is 2.28. The highest BCUT2D eigenvalue weighted by atomic mass is 32.2. The molecule has 1 fully saturated rings. The molecule has 2 amide bonds. The Morgan fingerprint density at radius 2 is 2.20 bits per heavy atom. The predicted octanol–water partition coefficient (Wildman–Crippen LogP) is 1.45. The smallest absolute Gasteiger partial charge is 0.319 e. The SMILES string of the molecule is Cc1cccc(/C=C/NC(=O)NC2CCS(=O)(=O)C2)c1. The van der Waals surface area contributed by atoms with Gasteiger partial charge in [-0.05, 0) is 25.0 Å². The minimum atomic E-state index is -2.97. The largest absolute Gasteiger partial charge is 0.334 e. The van der Waals surface area contributed by atoms with Crippen molar-refractivity contribution in [3.8, 4) is 0 Å². The fraction of sp³-hybridized carbons (Fsp3) is 0.357. The van der Waals surface area contributed by atoms with Gasteiger partial charge in [-0.2, -0.15) is 0 Å². The molecule has 1 aliphatic rings. The van der Waals surface area contributed by atoms with E-state index in [9.17, 15) is 13.2 Å². The zero-order valence-electron chi connectivity index (χ0n) is 11.3. The Morgan fingerprint density at radius 1 is 1.40 bits per heavy atom. The standard InChI is InChI=1S/C14H18N2O3S/c1-11-3-2-4-12(9-11)5-7-15-14(17)16-13-6-8-20(18,19)10-13/h2-5,7,9,13H,6,8,10H2,1H3,(H2,15,16,17)/b7-5+. The van der Waals surface area contributed by atoms with E-state index in [0.29, 0.717) is 6.42 Å². The highest BCUT2D eigenvalue weighted by Crippen LogP contribution is 2.11. The third-order valence-electron chi connectivity index (χ3n) is 3.10. The molecule has 1 aliphatic heterocycles. The van der Waals surface area contributed by atoms with Crippen molar-refractivity contribution in [3.05, 3.63) is 41.6 Å². The van der Waals surface area contributed by atoms with E-state index in [4.69, 9.17) is 0 Å². The van der Waals surface area contributed by atoms with E-state index in [2.05, 4.69) is 10.6 Å². The van der Waals surface area contributed by atoms with Gasteiger partial charge in [0.05, 0.1) is 11.5 Å². The van der Waals surface area contributed by atoms with Gasteiger partial charge in [0.25, 0.3) is 0 Å². The molecule has 6 heteroatoms. The van der Waals surface area contributed by atoms with Crippen LogP contribution in [0.25, 0.3) is 6.08 Å². The second kappa shape index (κ2) is 6.09. The van der Waals surface area contributed by atoms with Crippen LogP contribution in [0.2, 0.25) is 0 Å². The highest BCUT2D eigenvalue weighted by molar-refractivity contribution is 7.91. The zero-order chi connectivity index (χ0) is 14.6. The molecule has 1 aromatic rings. The van der Waals surface area contributed by atoms with E-state index in [-0.39, 0.29) is 23.6 Å². The van der Waals surface area contributed by atoms with Gasteiger partial charge in [0.2, 0.25) is 0 Å². The first-order valence-corrected chi connectivity index (χ1v) is 8.27. The Hall–Kier alpha value is -1.82. The molecule has 1 saturated heterocycles. The third-order valence-corrected chi connectivity index (χ3v) is 4.87. The van der Waals surface area contributed by atoms with Crippen LogP contribution in [0, 0.1) is 6.92 Å². The number of hydrogen-bond acceptors (Lipinski definition) is 3. The Bertz CT molecular complexity index is 623. The molecule has 1 aromatic carbocycles. The van der Waals surface area contributed by atoms with Gasteiger partial charge >= 0.3 is 6.03 Å². The van der Waals surface area contributed by atoms with Crippen LogP contribution in [0.3, 0.4) is 0 Å². The number of aryl methyl sites for hydroxylation is 1. The summed E-state index contributed by atoms with van der Waals surface area (Å²) in [4.78, 5) is 11.6. The van der Waals surface area contributed by atoms with Crippen LogP contribution in [0.5, 0.6) is 0 Å². The van der Waals surface area contributed by atoms with Crippen molar-refractivity contribution in [2.75, 3.05) is 11.5 Å². The molecule has 0 radical (unpaired) electrons. The Labute approximate surface area is 119 Å². The summed E-state index contributed by atoms with van der Waals surface area (Å²) in [6.07, 6.45) is 3.82. The monoisotopic (exact) mass is 294 g/mol. The second-order valence-corrected chi connectivity index (χ2v) is 7.19. The topological polar surface area (TPSA) is 75.3 Å². The van der Waals surface area contributed by atoms with Crippen molar-refractivity contribution in [2.45, 2.75) is 19.4 Å². The zero-order valence-corrected chi connectivity index (χ0v) is 12.1. The molecule has 2 rings (SSSR count). The van der Waals surface area contributed by atoms with E-state index in [1.807, 2.05) is 31.2 Å². The first-order chi connectivity index (χ1) is 9.44. The van der Waals surface area contributed by atoms with Gasteiger partial charge in [0.15, 0.2) is 9.84 Å². The summed E-state index contributed by atoms with van der Waals surface area (Å²) >= 11 is 0. The van der Waals surface area contributed by atoms with Gasteiger partial charge < -0.3 is 10.6 Å². The van der Waals surface area contributed by atoms with Gasteiger partial charge in [-0.15, -0.1) is 0 Å². The molecule has 5 nitrogen and oxygen atoms in total. The summed E-state index contributed by atoms with van der Waals surface area (Å²) in [6.45, 7) is 2.00. The van der Waals surface area contributed by atoms with Crippen LogP contribution < -0.4 is 10.6 Å². The van der Waals surface area contributed by atoms with Crippen LogP contribution in [-0.2, 0) is 9.84 Å². The van der Waals surface area contributed by atoms with Gasteiger partial charge in [-0.3, -0.25) is 0 Å². The lowest BCUT2D eigenvalue weighted by atomic mass is 10.1. The lowest BCUT2D eigenvalue weighted by Crippen LogP contribution is -2.40. The molecule has 1 atom stereocenters. The van der Waals surface area contributed by atoms with Crippen molar-refractivity contribution >= 4 is 21.9 Å². The molecule has 0 bridgehead atoms. The number of nitrogens with one attached hydrogen (secondary N) is 2. The van der Waals surface area contributed by atoms with Crippen molar-refractivity contribution in [3.63, 3.8) is 0 Å². The van der Waals surface area contributed by atoms with Gasteiger partial charge in [-0.25, -0.2) is 13.2 Å². The average Bonchev–Trinajstić information content (AvgIpc) is 2.68. The maximum atomic E-state index is 11.6. The molecule has 1 unspecified atom stereocenters. The lowest BCUT2D eigenvalue weighted by Gasteiger charge is -2.09. The van der Waals surface area contributed by atoms with E-state index >= 15 is 0 Å².